The fraction of sp³-hybridized carbons (Fsp3) is 0.583. The number of carboxylic acids is 1. The molecule has 1 saturated heterocycles. The maximum atomic E-state index is 10.9. The second-order valence-electron chi connectivity index (χ2n) is 4.38. The Morgan fingerprint density at radius 3 is 3.12 bits per heavy atom. The highest BCUT2D eigenvalue weighted by molar-refractivity contribution is 5.86. The third-order valence-electron chi connectivity index (χ3n) is 3.28. The van der Waals surface area contributed by atoms with Crippen molar-refractivity contribution in [3.63, 3.8) is 0 Å². The van der Waals surface area contributed by atoms with Crippen LogP contribution in [0.2, 0.25) is 0 Å². The van der Waals surface area contributed by atoms with Crippen LogP contribution in [0.4, 0.5) is 0 Å². The first kappa shape index (κ1) is 11.2. The van der Waals surface area contributed by atoms with Crippen molar-refractivity contribution < 1.29 is 14.3 Å². The monoisotopic (exact) mass is 223 g/mol. The summed E-state index contributed by atoms with van der Waals surface area (Å²) in [6.07, 6.45) is 3.87. The average Bonchev–Trinajstić information content (AvgIpc) is 2.87. The van der Waals surface area contributed by atoms with E-state index in [1.807, 2.05) is 0 Å². The second-order valence-corrected chi connectivity index (χ2v) is 4.38. The highest BCUT2D eigenvalue weighted by atomic mass is 16.4. The summed E-state index contributed by atoms with van der Waals surface area (Å²) in [5.74, 6) is -0.133. The molecule has 1 aromatic rings. The van der Waals surface area contributed by atoms with Gasteiger partial charge in [0.15, 0.2) is 0 Å². The molecule has 0 spiro atoms. The summed E-state index contributed by atoms with van der Waals surface area (Å²) in [6, 6.07) is 1.75. The lowest BCUT2D eigenvalue weighted by atomic mass is 10.1. The third-order valence-corrected chi connectivity index (χ3v) is 3.28. The number of carbonyl (C=O) groups is 1. The van der Waals surface area contributed by atoms with E-state index in [0.717, 1.165) is 24.6 Å². The molecule has 1 N–H and O–H groups in total. The normalized spacial score (nSPS) is 21.4. The predicted molar refractivity (Wildman–Crippen MR) is 59.3 cm³/mol. The number of furan rings is 1. The Hall–Kier alpha value is -1.29. The van der Waals surface area contributed by atoms with Crippen molar-refractivity contribution in [2.75, 3.05) is 13.1 Å². The van der Waals surface area contributed by atoms with Crippen molar-refractivity contribution in [3.8, 4) is 0 Å². The molecule has 88 valence electrons. The van der Waals surface area contributed by atoms with Crippen LogP contribution < -0.4 is 0 Å². The van der Waals surface area contributed by atoms with E-state index < -0.39 is 5.97 Å². The third kappa shape index (κ3) is 2.27. The molecule has 4 heteroatoms. The molecule has 1 aliphatic rings. The highest BCUT2D eigenvalue weighted by Gasteiger charge is 2.23. The number of carboxylic acid groups (broad SMARTS) is 1. The minimum atomic E-state index is -0.980. The van der Waals surface area contributed by atoms with Gasteiger partial charge in [-0.15, -0.1) is 0 Å². The summed E-state index contributed by atoms with van der Waals surface area (Å²) < 4.78 is 4.96. The zero-order chi connectivity index (χ0) is 11.5. The van der Waals surface area contributed by atoms with Gasteiger partial charge in [-0.1, -0.05) is 13.3 Å². The molecule has 4 nitrogen and oxygen atoms in total. The van der Waals surface area contributed by atoms with Gasteiger partial charge < -0.3 is 9.52 Å². The van der Waals surface area contributed by atoms with Crippen LogP contribution in [0, 0.1) is 5.92 Å². The Balaban J connectivity index is 1.99. The van der Waals surface area contributed by atoms with Gasteiger partial charge in [0.25, 0.3) is 0 Å². The lowest BCUT2D eigenvalue weighted by Crippen LogP contribution is -2.20. The Morgan fingerprint density at radius 2 is 2.50 bits per heavy atom. The van der Waals surface area contributed by atoms with Crippen LogP contribution in [-0.4, -0.2) is 29.1 Å². The standard InChI is InChI=1S/C12H17NO3/c1-2-9-3-5-13(7-9)8-10-4-6-16-11(10)12(14)15/h4,6,9H,2-3,5,7-8H2,1H3,(H,14,15). The molecule has 1 atom stereocenters. The Kier molecular flexibility index (Phi) is 3.29. The highest BCUT2D eigenvalue weighted by Crippen LogP contribution is 2.22. The zero-order valence-electron chi connectivity index (χ0n) is 9.48. The molecule has 0 saturated carbocycles. The minimum absolute atomic E-state index is 0.0833. The molecule has 0 aliphatic carbocycles. The van der Waals surface area contributed by atoms with Crippen molar-refractivity contribution in [1.82, 2.24) is 4.90 Å². The molecule has 0 aromatic carbocycles. The van der Waals surface area contributed by atoms with Gasteiger partial charge in [-0.2, -0.15) is 0 Å². The van der Waals surface area contributed by atoms with Crippen molar-refractivity contribution in [2.24, 2.45) is 5.92 Å². The van der Waals surface area contributed by atoms with E-state index in [0.29, 0.717) is 6.54 Å². The summed E-state index contributed by atoms with van der Waals surface area (Å²) in [5, 5.41) is 8.91. The summed E-state index contributed by atoms with van der Waals surface area (Å²) in [6.45, 7) is 5.02. The van der Waals surface area contributed by atoms with Crippen LogP contribution in [0.3, 0.4) is 0 Å². The summed E-state index contributed by atoms with van der Waals surface area (Å²) in [5.41, 5.74) is 0.782. The summed E-state index contributed by atoms with van der Waals surface area (Å²) in [4.78, 5) is 13.2. The molecule has 0 bridgehead atoms. The smallest absolute Gasteiger partial charge is 0.372 e. The van der Waals surface area contributed by atoms with E-state index in [1.54, 1.807) is 6.07 Å². The van der Waals surface area contributed by atoms with Crippen molar-refractivity contribution >= 4 is 5.97 Å². The average molecular weight is 223 g/mol. The van der Waals surface area contributed by atoms with Crippen molar-refractivity contribution in [3.05, 3.63) is 23.7 Å². The van der Waals surface area contributed by atoms with E-state index in [2.05, 4.69) is 11.8 Å². The first-order chi connectivity index (χ1) is 7.70. The van der Waals surface area contributed by atoms with Gasteiger partial charge in [0.1, 0.15) is 0 Å². The number of aromatic carboxylic acids is 1. The topological polar surface area (TPSA) is 53.7 Å². The number of hydrogen-bond acceptors (Lipinski definition) is 3. The molecule has 16 heavy (non-hydrogen) atoms. The Labute approximate surface area is 94.9 Å². The van der Waals surface area contributed by atoms with Gasteiger partial charge in [0.2, 0.25) is 5.76 Å². The van der Waals surface area contributed by atoms with Crippen LogP contribution in [0.15, 0.2) is 16.7 Å². The molecule has 1 fully saturated rings. The largest absolute Gasteiger partial charge is 0.475 e. The van der Waals surface area contributed by atoms with Gasteiger partial charge >= 0.3 is 5.97 Å². The molecule has 0 radical (unpaired) electrons. The van der Waals surface area contributed by atoms with Crippen molar-refractivity contribution in [2.45, 2.75) is 26.3 Å². The quantitative estimate of drug-likeness (QED) is 0.850. The number of rotatable bonds is 4. The SMILES string of the molecule is CCC1CCN(Cc2ccoc2C(=O)O)C1. The van der Waals surface area contributed by atoms with E-state index >= 15 is 0 Å². The maximum Gasteiger partial charge on any atom is 0.372 e. The maximum absolute atomic E-state index is 10.9. The van der Waals surface area contributed by atoms with Crippen LogP contribution in [0.5, 0.6) is 0 Å². The van der Waals surface area contributed by atoms with Crippen LogP contribution >= 0.6 is 0 Å². The molecule has 2 rings (SSSR count). The van der Waals surface area contributed by atoms with Gasteiger partial charge in [-0.3, -0.25) is 4.90 Å². The van der Waals surface area contributed by atoms with E-state index in [4.69, 9.17) is 9.52 Å². The molecule has 0 amide bonds. The zero-order valence-corrected chi connectivity index (χ0v) is 9.48. The summed E-state index contributed by atoms with van der Waals surface area (Å²) in [7, 11) is 0. The summed E-state index contributed by atoms with van der Waals surface area (Å²) >= 11 is 0. The molecular weight excluding hydrogens is 206 g/mol. The Bertz CT molecular complexity index is 372. The number of likely N-dealkylation sites (tertiary alicyclic amines) is 1. The fourth-order valence-corrected chi connectivity index (χ4v) is 2.28. The fourth-order valence-electron chi connectivity index (χ4n) is 2.28. The molecule has 1 aliphatic heterocycles. The molecule has 1 unspecified atom stereocenters. The first-order valence-corrected chi connectivity index (χ1v) is 5.72. The predicted octanol–water partition coefficient (Wildman–Crippen LogP) is 2.21. The molecule has 2 heterocycles. The van der Waals surface area contributed by atoms with Gasteiger partial charge in [0, 0.05) is 18.7 Å². The van der Waals surface area contributed by atoms with E-state index in [-0.39, 0.29) is 5.76 Å². The number of hydrogen-bond donors (Lipinski definition) is 1. The van der Waals surface area contributed by atoms with Gasteiger partial charge in [0.05, 0.1) is 6.26 Å². The Morgan fingerprint density at radius 1 is 1.69 bits per heavy atom. The number of nitrogens with zero attached hydrogens (tertiary/aromatic N) is 1. The molecular formula is C12H17NO3. The first-order valence-electron chi connectivity index (χ1n) is 5.72. The lowest BCUT2D eigenvalue weighted by Gasteiger charge is -2.14. The second kappa shape index (κ2) is 4.70. The van der Waals surface area contributed by atoms with Crippen LogP contribution in [0.25, 0.3) is 0 Å². The van der Waals surface area contributed by atoms with Crippen LogP contribution in [0.1, 0.15) is 35.9 Å². The minimum Gasteiger partial charge on any atom is -0.475 e. The lowest BCUT2D eigenvalue weighted by molar-refractivity contribution is 0.0659. The van der Waals surface area contributed by atoms with Crippen LogP contribution in [-0.2, 0) is 6.54 Å². The van der Waals surface area contributed by atoms with E-state index in [9.17, 15) is 4.79 Å². The van der Waals surface area contributed by atoms with Gasteiger partial charge in [-0.05, 0) is 24.9 Å². The molecule has 1 aromatic heterocycles. The van der Waals surface area contributed by atoms with Crippen molar-refractivity contribution in [1.29, 1.82) is 0 Å². The van der Waals surface area contributed by atoms with E-state index in [1.165, 1.54) is 19.1 Å². The van der Waals surface area contributed by atoms with Gasteiger partial charge in [-0.25, -0.2) is 4.79 Å².